The van der Waals surface area contributed by atoms with E-state index in [4.69, 9.17) is 4.74 Å². The van der Waals surface area contributed by atoms with Gasteiger partial charge in [-0.15, -0.1) is 0 Å². The minimum absolute atomic E-state index is 0.743. The summed E-state index contributed by atoms with van der Waals surface area (Å²) in [5.74, 6) is 0.926. The molecule has 1 saturated heterocycles. The SMILES string of the molecule is COc1ccccc1N1CCN(CC/C(=N/O)c2ccccc2)CC1. The summed E-state index contributed by atoms with van der Waals surface area (Å²) in [7, 11) is 1.72. The average Bonchev–Trinajstić information content (AvgIpc) is 2.70. The lowest BCUT2D eigenvalue weighted by Crippen LogP contribution is -2.47. The molecule has 1 N–H and O–H groups in total. The summed E-state index contributed by atoms with van der Waals surface area (Å²) in [4.78, 5) is 4.79. The Balaban J connectivity index is 1.53. The van der Waals surface area contributed by atoms with Crippen LogP contribution >= 0.6 is 0 Å². The van der Waals surface area contributed by atoms with Gasteiger partial charge in [0.25, 0.3) is 0 Å². The van der Waals surface area contributed by atoms with Crippen LogP contribution in [0.3, 0.4) is 0 Å². The average molecular weight is 339 g/mol. The van der Waals surface area contributed by atoms with Crippen molar-refractivity contribution in [1.82, 2.24) is 4.90 Å². The van der Waals surface area contributed by atoms with Gasteiger partial charge in [0, 0.05) is 39.1 Å². The molecule has 5 nitrogen and oxygen atoms in total. The van der Waals surface area contributed by atoms with Gasteiger partial charge in [-0.1, -0.05) is 47.6 Å². The minimum atomic E-state index is 0.743. The van der Waals surface area contributed by atoms with E-state index < -0.39 is 0 Å². The highest BCUT2D eigenvalue weighted by Crippen LogP contribution is 2.28. The highest BCUT2D eigenvalue weighted by atomic mass is 16.5. The van der Waals surface area contributed by atoms with Crippen LogP contribution in [0.1, 0.15) is 12.0 Å². The number of ether oxygens (including phenoxy) is 1. The van der Waals surface area contributed by atoms with E-state index in [1.807, 2.05) is 48.5 Å². The number of benzene rings is 2. The fourth-order valence-corrected chi connectivity index (χ4v) is 3.25. The monoisotopic (exact) mass is 339 g/mol. The van der Waals surface area contributed by atoms with Crippen molar-refractivity contribution in [3.8, 4) is 5.75 Å². The van der Waals surface area contributed by atoms with Crippen molar-refractivity contribution in [2.24, 2.45) is 5.16 Å². The highest BCUT2D eigenvalue weighted by Gasteiger charge is 2.19. The van der Waals surface area contributed by atoms with Crippen molar-refractivity contribution in [2.75, 3.05) is 44.7 Å². The number of oxime groups is 1. The van der Waals surface area contributed by atoms with Gasteiger partial charge in [-0.25, -0.2) is 0 Å². The Labute approximate surface area is 149 Å². The van der Waals surface area contributed by atoms with Crippen molar-refractivity contribution < 1.29 is 9.94 Å². The zero-order valence-electron chi connectivity index (χ0n) is 14.6. The number of piperazine rings is 1. The van der Waals surface area contributed by atoms with E-state index in [0.717, 1.165) is 61.9 Å². The van der Waals surface area contributed by atoms with E-state index in [-0.39, 0.29) is 0 Å². The van der Waals surface area contributed by atoms with Crippen LogP contribution in [0.4, 0.5) is 5.69 Å². The Morgan fingerprint density at radius 1 is 1.00 bits per heavy atom. The molecule has 5 heteroatoms. The van der Waals surface area contributed by atoms with Gasteiger partial charge in [0.05, 0.1) is 18.5 Å². The summed E-state index contributed by atoms with van der Waals surface area (Å²) in [6.07, 6.45) is 0.745. The molecule has 0 saturated carbocycles. The zero-order chi connectivity index (χ0) is 17.5. The van der Waals surface area contributed by atoms with Crippen LogP contribution in [0, 0.1) is 0 Å². The molecule has 1 aliphatic rings. The van der Waals surface area contributed by atoms with Crippen molar-refractivity contribution in [3.05, 3.63) is 60.2 Å². The van der Waals surface area contributed by atoms with Gasteiger partial charge in [-0.2, -0.15) is 0 Å². The summed E-state index contributed by atoms with van der Waals surface area (Å²) in [6, 6.07) is 18.0. The molecule has 0 atom stereocenters. The quantitative estimate of drug-likeness (QED) is 0.499. The molecule has 0 amide bonds. The molecule has 1 aliphatic heterocycles. The molecule has 1 heterocycles. The first-order valence-corrected chi connectivity index (χ1v) is 8.68. The second kappa shape index (κ2) is 8.53. The number of anilines is 1. The van der Waals surface area contributed by atoms with Crippen molar-refractivity contribution in [2.45, 2.75) is 6.42 Å². The standard InChI is InChI=1S/C20H25N3O2/c1-25-20-10-6-5-9-19(20)23-15-13-22(14-16-23)12-11-18(21-24)17-7-3-2-4-8-17/h2-10,24H,11-16H2,1H3/b21-18-. The van der Waals surface area contributed by atoms with E-state index in [2.05, 4.69) is 21.0 Å². The molecule has 0 bridgehead atoms. The van der Waals surface area contributed by atoms with Crippen LogP contribution in [0.25, 0.3) is 0 Å². The van der Waals surface area contributed by atoms with Crippen LogP contribution in [-0.2, 0) is 0 Å². The molecule has 1 fully saturated rings. The smallest absolute Gasteiger partial charge is 0.142 e. The zero-order valence-corrected chi connectivity index (χ0v) is 14.6. The lowest BCUT2D eigenvalue weighted by Gasteiger charge is -2.36. The van der Waals surface area contributed by atoms with Crippen LogP contribution in [0.15, 0.2) is 59.8 Å². The molecule has 0 unspecified atom stereocenters. The Kier molecular flexibility index (Phi) is 5.90. The maximum atomic E-state index is 9.30. The van der Waals surface area contributed by atoms with Crippen LogP contribution in [0.2, 0.25) is 0 Å². The lowest BCUT2D eigenvalue weighted by molar-refractivity contribution is 0.262. The van der Waals surface area contributed by atoms with Gasteiger partial charge >= 0.3 is 0 Å². The first-order chi connectivity index (χ1) is 12.3. The highest BCUT2D eigenvalue weighted by molar-refractivity contribution is 6.00. The third-order valence-corrected chi connectivity index (χ3v) is 4.69. The number of nitrogens with zero attached hydrogens (tertiary/aromatic N) is 3. The first-order valence-electron chi connectivity index (χ1n) is 8.68. The van der Waals surface area contributed by atoms with Gasteiger partial charge in [-0.05, 0) is 17.7 Å². The summed E-state index contributed by atoms with van der Waals surface area (Å²) >= 11 is 0. The van der Waals surface area contributed by atoms with Gasteiger partial charge in [-0.3, -0.25) is 4.90 Å². The number of para-hydroxylation sites is 2. The largest absolute Gasteiger partial charge is 0.495 e. The van der Waals surface area contributed by atoms with E-state index >= 15 is 0 Å². The van der Waals surface area contributed by atoms with E-state index in [0.29, 0.717) is 0 Å². The van der Waals surface area contributed by atoms with Crippen molar-refractivity contribution in [1.29, 1.82) is 0 Å². The second-order valence-electron chi connectivity index (χ2n) is 6.16. The third kappa shape index (κ3) is 4.31. The summed E-state index contributed by atoms with van der Waals surface area (Å²) < 4.78 is 5.47. The van der Waals surface area contributed by atoms with Crippen LogP contribution < -0.4 is 9.64 Å². The fraction of sp³-hybridized carbons (Fsp3) is 0.350. The molecule has 0 aromatic heterocycles. The Bertz CT molecular complexity index is 695. The molecule has 0 spiro atoms. The van der Waals surface area contributed by atoms with Crippen LogP contribution in [0.5, 0.6) is 5.75 Å². The van der Waals surface area contributed by atoms with E-state index in [1.54, 1.807) is 7.11 Å². The molecule has 0 radical (unpaired) electrons. The summed E-state index contributed by atoms with van der Waals surface area (Å²) in [5.41, 5.74) is 2.89. The topological polar surface area (TPSA) is 48.3 Å². The van der Waals surface area contributed by atoms with Crippen LogP contribution in [-0.4, -0.2) is 55.7 Å². The Morgan fingerprint density at radius 2 is 1.68 bits per heavy atom. The number of rotatable bonds is 6. The van der Waals surface area contributed by atoms with E-state index in [1.165, 1.54) is 0 Å². The predicted octanol–water partition coefficient (Wildman–Crippen LogP) is 3.09. The predicted molar refractivity (Wildman–Crippen MR) is 101 cm³/mol. The minimum Gasteiger partial charge on any atom is -0.495 e. The fourth-order valence-electron chi connectivity index (χ4n) is 3.25. The maximum absolute atomic E-state index is 9.30. The molecular weight excluding hydrogens is 314 g/mol. The molecular formula is C20H25N3O2. The molecule has 2 aromatic carbocycles. The van der Waals surface area contributed by atoms with Gasteiger partial charge in [0.15, 0.2) is 0 Å². The van der Waals surface area contributed by atoms with Crippen molar-refractivity contribution in [3.63, 3.8) is 0 Å². The third-order valence-electron chi connectivity index (χ3n) is 4.69. The molecule has 25 heavy (non-hydrogen) atoms. The molecule has 132 valence electrons. The first kappa shape index (κ1) is 17.3. The number of hydrogen-bond acceptors (Lipinski definition) is 5. The number of hydrogen-bond donors (Lipinski definition) is 1. The number of methoxy groups -OCH3 is 1. The second-order valence-corrected chi connectivity index (χ2v) is 6.16. The summed E-state index contributed by atoms with van der Waals surface area (Å²) in [5, 5.41) is 12.8. The van der Waals surface area contributed by atoms with E-state index in [9.17, 15) is 5.21 Å². The maximum Gasteiger partial charge on any atom is 0.142 e. The van der Waals surface area contributed by atoms with Gasteiger partial charge in [0.1, 0.15) is 5.75 Å². The summed E-state index contributed by atoms with van der Waals surface area (Å²) in [6.45, 7) is 4.82. The van der Waals surface area contributed by atoms with Gasteiger partial charge < -0.3 is 14.8 Å². The molecule has 2 aromatic rings. The normalized spacial score (nSPS) is 16.0. The van der Waals surface area contributed by atoms with Crippen molar-refractivity contribution >= 4 is 11.4 Å². The Morgan fingerprint density at radius 3 is 2.36 bits per heavy atom. The lowest BCUT2D eigenvalue weighted by atomic mass is 10.1. The van der Waals surface area contributed by atoms with Gasteiger partial charge in [0.2, 0.25) is 0 Å². The molecule has 0 aliphatic carbocycles. The molecule has 3 rings (SSSR count). The Hall–Kier alpha value is -2.53.